The van der Waals surface area contributed by atoms with Crippen LogP contribution in [-0.2, 0) is 0 Å². The molecule has 13 heavy (non-hydrogen) atoms. The quantitative estimate of drug-likeness (QED) is 0.585. The van der Waals surface area contributed by atoms with Gasteiger partial charge in [-0.15, -0.1) is 0 Å². The number of nitrogens with one attached hydrogen (secondary N) is 3. The number of amides is 2. The largest absolute Gasteiger partial charge is 0.338 e. The van der Waals surface area contributed by atoms with Crippen LogP contribution in [0.2, 0.25) is 0 Å². The third kappa shape index (κ3) is 3.22. The van der Waals surface area contributed by atoms with Gasteiger partial charge in [-0.3, -0.25) is 0 Å². The summed E-state index contributed by atoms with van der Waals surface area (Å²) in [6.07, 6.45) is 2.21. The van der Waals surface area contributed by atoms with E-state index < -0.39 is 0 Å². The van der Waals surface area contributed by atoms with Crippen LogP contribution in [0.3, 0.4) is 0 Å². The Morgan fingerprint density at radius 3 is 3.00 bits per heavy atom. The molecular formula is C9H19N3O. The molecule has 4 nitrogen and oxygen atoms in total. The van der Waals surface area contributed by atoms with Crippen molar-refractivity contribution in [2.24, 2.45) is 0 Å². The first kappa shape index (κ1) is 10.3. The van der Waals surface area contributed by atoms with E-state index in [0.29, 0.717) is 12.6 Å². The molecule has 0 aromatic heterocycles. The van der Waals surface area contributed by atoms with Gasteiger partial charge >= 0.3 is 6.03 Å². The van der Waals surface area contributed by atoms with Crippen LogP contribution >= 0.6 is 0 Å². The molecule has 0 aliphatic carbocycles. The summed E-state index contributed by atoms with van der Waals surface area (Å²) in [7, 11) is 0. The van der Waals surface area contributed by atoms with Crippen molar-refractivity contribution in [3.05, 3.63) is 0 Å². The molecule has 1 heterocycles. The van der Waals surface area contributed by atoms with E-state index in [4.69, 9.17) is 0 Å². The van der Waals surface area contributed by atoms with E-state index in [9.17, 15) is 4.79 Å². The normalized spacial score (nSPS) is 28.2. The Bertz CT molecular complexity index is 172. The average molecular weight is 185 g/mol. The lowest BCUT2D eigenvalue weighted by Crippen LogP contribution is -2.54. The average Bonchev–Trinajstić information content (AvgIpc) is 2.09. The van der Waals surface area contributed by atoms with Crippen molar-refractivity contribution in [2.45, 2.75) is 38.8 Å². The van der Waals surface area contributed by atoms with Gasteiger partial charge in [0, 0.05) is 18.6 Å². The third-order valence-electron chi connectivity index (χ3n) is 2.42. The molecule has 0 saturated carbocycles. The molecule has 0 spiro atoms. The highest BCUT2D eigenvalue weighted by atomic mass is 16.2. The van der Waals surface area contributed by atoms with Gasteiger partial charge in [-0.25, -0.2) is 4.79 Å². The van der Waals surface area contributed by atoms with Gasteiger partial charge < -0.3 is 16.0 Å². The number of urea groups is 1. The molecule has 1 saturated heterocycles. The smallest absolute Gasteiger partial charge is 0.315 e. The monoisotopic (exact) mass is 185 g/mol. The second kappa shape index (κ2) is 5.07. The van der Waals surface area contributed by atoms with Crippen molar-refractivity contribution in [3.8, 4) is 0 Å². The van der Waals surface area contributed by atoms with Gasteiger partial charge in [-0.2, -0.15) is 0 Å². The molecule has 0 radical (unpaired) electrons. The number of rotatable bonds is 2. The Morgan fingerprint density at radius 2 is 2.38 bits per heavy atom. The summed E-state index contributed by atoms with van der Waals surface area (Å²) in [6.45, 7) is 5.77. The standard InChI is InChI=1S/C9H19N3O/c1-3-10-9(13)12-8-5-4-6-11-7(8)2/h7-8,11H,3-6H2,1-2H3,(H2,10,12,13). The molecule has 1 aliphatic rings. The highest BCUT2D eigenvalue weighted by molar-refractivity contribution is 5.74. The van der Waals surface area contributed by atoms with Crippen LogP contribution in [0.15, 0.2) is 0 Å². The van der Waals surface area contributed by atoms with Crippen LogP contribution in [0.4, 0.5) is 4.79 Å². The highest BCUT2D eigenvalue weighted by Crippen LogP contribution is 2.07. The second-order valence-electron chi connectivity index (χ2n) is 3.50. The molecule has 3 N–H and O–H groups in total. The zero-order chi connectivity index (χ0) is 9.68. The molecule has 1 aliphatic heterocycles. The first-order chi connectivity index (χ1) is 6.24. The lowest BCUT2D eigenvalue weighted by Gasteiger charge is -2.30. The molecule has 0 aromatic carbocycles. The lowest BCUT2D eigenvalue weighted by molar-refractivity contribution is 0.228. The maximum atomic E-state index is 11.2. The number of hydrogen-bond acceptors (Lipinski definition) is 2. The Kier molecular flexibility index (Phi) is 4.02. The van der Waals surface area contributed by atoms with Gasteiger partial charge in [0.15, 0.2) is 0 Å². The van der Waals surface area contributed by atoms with Crippen LogP contribution in [-0.4, -0.2) is 31.2 Å². The van der Waals surface area contributed by atoms with E-state index in [-0.39, 0.29) is 12.1 Å². The highest BCUT2D eigenvalue weighted by Gasteiger charge is 2.21. The summed E-state index contributed by atoms with van der Waals surface area (Å²) in [5, 5.41) is 9.03. The Labute approximate surface area is 79.5 Å². The maximum Gasteiger partial charge on any atom is 0.315 e. The van der Waals surface area contributed by atoms with Crippen molar-refractivity contribution in [1.29, 1.82) is 0 Å². The number of carbonyl (C=O) groups is 1. The molecule has 2 atom stereocenters. The van der Waals surface area contributed by atoms with E-state index >= 15 is 0 Å². The Hall–Kier alpha value is -0.770. The van der Waals surface area contributed by atoms with Crippen molar-refractivity contribution in [2.75, 3.05) is 13.1 Å². The number of piperidine rings is 1. The van der Waals surface area contributed by atoms with Crippen LogP contribution in [0, 0.1) is 0 Å². The van der Waals surface area contributed by atoms with Gasteiger partial charge in [0.1, 0.15) is 0 Å². The fourth-order valence-corrected chi connectivity index (χ4v) is 1.62. The minimum Gasteiger partial charge on any atom is -0.338 e. The first-order valence-electron chi connectivity index (χ1n) is 5.01. The Balaban J connectivity index is 2.29. The SMILES string of the molecule is CCNC(=O)NC1CCCNC1C. The van der Waals surface area contributed by atoms with Gasteiger partial charge in [-0.1, -0.05) is 0 Å². The summed E-state index contributed by atoms with van der Waals surface area (Å²) in [5.74, 6) is 0. The fourth-order valence-electron chi connectivity index (χ4n) is 1.62. The summed E-state index contributed by atoms with van der Waals surface area (Å²) in [5.41, 5.74) is 0. The molecule has 1 fully saturated rings. The van der Waals surface area contributed by atoms with Crippen molar-refractivity contribution in [1.82, 2.24) is 16.0 Å². The Morgan fingerprint density at radius 1 is 1.62 bits per heavy atom. The van der Waals surface area contributed by atoms with E-state index in [1.54, 1.807) is 0 Å². The van der Waals surface area contributed by atoms with Crippen molar-refractivity contribution < 1.29 is 4.79 Å². The summed E-state index contributed by atoms with van der Waals surface area (Å²) >= 11 is 0. The second-order valence-corrected chi connectivity index (χ2v) is 3.50. The van der Waals surface area contributed by atoms with E-state index in [1.807, 2.05) is 6.92 Å². The molecule has 4 heteroatoms. The van der Waals surface area contributed by atoms with E-state index in [2.05, 4.69) is 22.9 Å². The lowest BCUT2D eigenvalue weighted by atomic mass is 10.0. The van der Waals surface area contributed by atoms with Crippen LogP contribution in [0.25, 0.3) is 0 Å². The van der Waals surface area contributed by atoms with E-state index in [1.165, 1.54) is 0 Å². The molecule has 0 aromatic rings. The van der Waals surface area contributed by atoms with Crippen LogP contribution in [0.5, 0.6) is 0 Å². The molecule has 0 bridgehead atoms. The minimum atomic E-state index is -0.0527. The molecular weight excluding hydrogens is 166 g/mol. The topological polar surface area (TPSA) is 53.2 Å². The predicted octanol–water partition coefficient (Wildman–Crippen LogP) is 0.446. The molecule has 76 valence electrons. The van der Waals surface area contributed by atoms with Crippen LogP contribution in [0.1, 0.15) is 26.7 Å². The number of hydrogen-bond donors (Lipinski definition) is 3. The predicted molar refractivity (Wildman–Crippen MR) is 52.7 cm³/mol. The van der Waals surface area contributed by atoms with Crippen LogP contribution < -0.4 is 16.0 Å². The van der Waals surface area contributed by atoms with Crippen molar-refractivity contribution in [3.63, 3.8) is 0 Å². The van der Waals surface area contributed by atoms with Gasteiger partial charge in [0.25, 0.3) is 0 Å². The summed E-state index contributed by atoms with van der Waals surface area (Å²) in [6, 6.07) is 0.611. The maximum absolute atomic E-state index is 11.2. The molecule has 2 amide bonds. The molecule has 2 unspecified atom stereocenters. The zero-order valence-corrected chi connectivity index (χ0v) is 8.39. The first-order valence-corrected chi connectivity index (χ1v) is 5.01. The summed E-state index contributed by atoms with van der Waals surface area (Å²) < 4.78 is 0. The minimum absolute atomic E-state index is 0.0527. The van der Waals surface area contributed by atoms with Crippen molar-refractivity contribution >= 4 is 6.03 Å². The third-order valence-corrected chi connectivity index (χ3v) is 2.42. The summed E-state index contributed by atoms with van der Waals surface area (Å²) in [4.78, 5) is 11.2. The van der Waals surface area contributed by atoms with E-state index in [0.717, 1.165) is 19.4 Å². The zero-order valence-electron chi connectivity index (χ0n) is 8.39. The van der Waals surface area contributed by atoms with Gasteiger partial charge in [0.05, 0.1) is 0 Å². The van der Waals surface area contributed by atoms with Gasteiger partial charge in [-0.05, 0) is 33.2 Å². The number of carbonyl (C=O) groups excluding carboxylic acids is 1. The van der Waals surface area contributed by atoms with Gasteiger partial charge in [0.2, 0.25) is 0 Å². The molecule has 1 rings (SSSR count). The fraction of sp³-hybridized carbons (Fsp3) is 0.889.